The van der Waals surface area contributed by atoms with E-state index in [1.807, 2.05) is 12.1 Å². The second-order valence-electron chi connectivity index (χ2n) is 5.34. The molecular weight excluding hydrogens is 320 g/mol. The van der Waals surface area contributed by atoms with Crippen LogP contribution in [0.1, 0.15) is 21.5 Å². The van der Waals surface area contributed by atoms with Gasteiger partial charge in [-0.05, 0) is 54.1 Å². The number of carbonyl (C=O) groups is 2. The van der Waals surface area contributed by atoms with Crippen molar-refractivity contribution in [1.29, 1.82) is 0 Å². The van der Waals surface area contributed by atoms with Crippen LogP contribution in [0, 0.1) is 0 Å². The molecular formula is C20H16O5. The highest BCUT2D eigenvalue weighted by Gasteiger charge is 2.22. The molecule has 0 aliphatic carbocycles. The third kappa shape index (κ3) is 3.61. The highest BCUT2D eigenvalue weighted by molar-refractivity contribution is 6.05. The fourth-order valence-electron chi connectivity index (χ4n) is 2.40. The van der Waals surface area contributed by atoms with Crippen LogP contribution in [-0.2, 0) is 14.3 Å². The number of cyclic esters (lactones) is 1. The summed E-state index contributed by atoms with van der Waals surface area (Å²) in [6, 6.07) is 14.0. The predicted molar refractivity (Wildman–Crippen MR) is 92.8 cm³/mol. The van der Waals surface area contributed by atoms with E-state index in [2.05, 4.69) is 4.74 Å². The number of carbonyl (C=O) groups excluding carboxylic acids is 2. The summed E-state index contributed by atoms with van der Waals surface area (Å²) in [5.41, 5.74) is 2.47. The van der Waals surface area contributed by atoms with Crippen molar-refractivity contribution >= 4 is 23.8 Å². The van der Waals surface area contributed by atoms with Gasteiger partial charge in [0.25, 0.3) is 0 Å². The van der Waals surface area contributed by atoms with E-state index in [1.54, 1.807) is 55.7 Å². The first-order valence-corrected chi connectivity index (χ1v) is 7.59. The maximum absolute atomic E-state index is 12.1. The predicted octanol–water partition coefficient (Wildman–Crippen LogP) is 3.46. The second-order valence-corrected chi connectivity index (χ2v) is 5.34. The summed E-state index contributed by atoms with van der Waals surface area (Å²) in [5, 5.41) is 0. The minimum absolute atomic E-state index is 0.402. The van der Waals surface area contributed by atoms with E-state index in [-0.39, 0.29) is 0 Å². The lowest BCUT2D eigenvalue weighted by Crippen LogP contribution is -2.00. The Bertz CT molecular complexity index is 858. The van der Waals surface area contributed by atoms with E-state index in [0.29, 0.717) is 16.9 Å². The van der Waals surface area contributed by atoms with Crippen molar-refractivity contribution in [3.63, 3.8) is 0 Å². The quantitative estimate of drug-likeness (QED) is 0.632. The Hall–Kier alpha value is -3.34. The van der Waals surface area contributed by atoms with Crippen molar-refractivity contribution in [3.8, 4) is 5.75 Å². The summed E-state index contributed by atoms with van der Waals surface area (Å²) in [5.74, 6) is 0.407. The monoisotopic (exact) mass is 336 g/mol. The molecule has 2 aromatic rings. The molecule has 0 radical (unpaired) electrons. The van der Waals surface area contributed by atoms with E-state index in [9.17, 15) is 9.59 Å². The van der Waals surface area contributed by atoms with Gasteiger partial charge in [0.05, 0.1) is 25.4 Å². The van der Waals surface area contributed by atoms with Crippen molar-refractivity contribution in [2.75, 3.05) is 14.2 Å². The molecule has 0 amide bonds. The first-order valence-electron chi connectivity index (χ1n) is 7.59. The molecule has 5 nitrogen and oxygen atoms in total. The van der Waals surface area contributed by atoms with Gasteiger partial charge in [0.15, 0.2) is 0 Å². The Kier molecular flexibility index (Phi) is 4.66. The van der Waals surface area contributed by atoms with Crippen molar-refractivity contribution < 1.29 is 23.8 Å². The number of hydrogen-bond acceptors (Lipinski definition) is 5. The zero-order valence-corrected chi connectivity index (χ0v) is 13.8. The van der Waals surface area contributed by atoms with Gasteiger partial charge in [-0.2, -0.15) is 0 Å². The average Bonchev–Trinajstić information content (AvgIpc) is 3.02. The Morgan fingerprint density at radius 2 is 1.68 bits per heavy atom. The van der Waals surface area contributed by atoms with Crippen LogP contribution in [-0.4, -0.2) is 26.2 Å². The number of hydrogen-bond donors (Lipinski definition) is 0. The van der Waals surface area contributed by atoms with Crippen LogP contribution in [0.25, 0.3) is 11.8 Å². The highest BCUT2D eigenvalue weighted by Crippen LogP contribution is 2.28. The molecule has 0 unspecified atom stereocenters. The Morgan fingerprint density at radius 1 is 1.00 bits per heavy atom. The third-order valence-corrected chi connectivity index (χ3v) is 3.75. The molecule has 0 bridgehead atoms. The Morgan fingerprint density at radius 3 is 2.28 bits per heavy atom. The molecule has 0 atom stereocenters. The summed E-state index contributed by atoms with van der Waals surface area (Å²) < 4.78 is 15.1. The van der Waals surface area contributed by atoms with E-state index in [1.165, 1.54) is 7.11 Å². The van der Waals surface area contributed by atoms with Crippen LogP contribution in [0.5, 0.6) is 5.75 Å². The van der Waals surface area contributed by atoms with Gasteiger partial charge >= 0.3 is 11.9 Å². The molecule has 1 aliphatic heterocycles. The topological polar surface area (TPSA) is 61.8 Å². The van der Waals surface area contributed by atoms with Crippen molar-refractivity contribution in [2.45, 2.75) is 0 Å². The largest absolute Gasteiger partial charge is 0.497 e. The molecule has 2 aromatic carbocycles. The molecule has 0 fully saturated rings. The molecule has 5 heteroatoms. The summed E-state index contributed by atoms with van der Waals surface area (Å²) >= 11 is 0. The second kappa shape index (κ2) is 7.05. The maximum Gasteiger partial charge on any atom is 0.343 e. The maximum atomic E-state index is 12.1. The van der Waals surface area contributed by atoms with Crippen LogP contribution < -0.4 is 4.74 Å². The van der Waals surface area contributed by atoms with Gasteiger partial charge in [0.2, 0.25) is 0 Å². The molecule has 126 valence electrons. The van der Waals surface area contributed by atoms with Crippen LogP contribution in [0.3, 0.4) is 0 Å². The fourth-order valence-corrected chi connectivity index (χ4v) is 2.40. The van der Waals surface area contributed by atoms with Crippen LogP contribution in [0.2, 0.25) is 0 Å². The minimum Gasteiger partial charge on any atom is -0.497 e. The first-order chi connectivity index (χ1) is 12.1. The van der Waals surface area contributed by atoms with E-state index in [0.717, 1.165) is 16.9 Å². The van der Waals surface area contributed by atoms with Gasteiger partial charge in [-0.3, -0.25) is 0 Å². The van der Waals surface area contributed by atoms with E-state index in [4.69, 9.17) is 9.47 Å². The number of rotatable bonds is 4. The summed E-state index contributed by atoms with van der Waals surface area (Å²) in [4.78, 5) is 23.5. The number of benzene rings is 2. The number of esters is 2. The zero-order chi connectivity index (χ0) is 17.8. The van der Waals surface area contributed by atoms with Gasteiger partial charge < -0.3 is 14.2 Å². The zero-order valence-electron chi connectivity index (χ0n) is 13.8. The summed E-state index contributed by atoms with van der Waals surface area (Å²) in [6.07, 6.45) is 3.40. The average molecular weight is 336 g/mol. The molecule has 25 heavy (non-hydrogen) atoms. The van der Waals surface area contributed by atoms with Gasteiger partial charge in [-0.25, -0.2) is 9.59 Å². The van der Waals surface area contributed by atoms with Crippen molar-refractivity contribution in [2.24, 2.45) is 0 Å². The molecule has 0 N–H and O–H groups in total. The van der Waals surface area contributed by atoms with E-state index < -0.39 is 11.9 Å². The lowest BCUT2D eigenvalue weighted by Gasteiger charge is -2.03. The normalized spacial score (nSPS) is 14.9. The molecule has 0 saturated heterocycles. The molecule has 1 heterocycles. The lowest BCUT2D eigenvalue weighted by molar-refractivity contribution is -0.130. The molecule has 0 spiro atoms. The molecule has 1 aliphatic rings. The Balaban J connectivity index is 1.83. The standard InChI is InChI=1S/C20H16O5/c1-23-17-9-7-14(8-10-17)18-12-16(20(22)25-18)11-13-3-5-15(6-4-13)19(21)24-2/h3-12H,1-2H3. The van der Waals surface area contributed by atoms with E-state index >= 15 is 0 Å². The van der Waals surface area contributed by atoms with Gasteiger partial charge in [-0.1, -0.05) is 12.1 Å². The molecule has 0 aromatic heterocycles. The SMILES string of the molecule is COC(=O)c1ccc(C=C2C=C(c3ccc(OC)cc3)OC2=O)cc1. The van der Waals surface area contributed by atoms with Gasteiger partial charge in [0.1, 0.15) is 11.5 Å². The minimum atomic E-state index is -0.414. The van der Waals surface area contributed by atoms with Gasteiger partial charge in [-0.15, -0.1) is 0 Å². The number of methoxy groups -OCH3 is 2. The molecule has 3 rings (SSSR count). The van der Waals surface area contributed by atoms with Crippen LogP contribution >= 0.6 is 0 Å². The van der Waals surface area contributed by atoms with Crippen molar-refractivity contribution in [3.05, 3.63) is 76.9 Å². The molecule has 0 saturated carbocycles. The summed E-state index contributed by atoms with van der Waals surface area (Å²) in [7, 11) is 2.93. The fraction of sp³-hybridized carbons (Fsp3) is 0.100. The lowest BCUT2D eigenvalue weighted by atomic mass is 10.1. The first kappa shape index (κ1) is 16.5. The van der Waals surface area contributed by atoms with Crippen LogP contribution in [0.4, 0.5) is 0 Å². The van der Waals surface area contributed by atoms with Crippen molar-refractivity contribution in [1.82, 2.24) is 0 Å². The highest BCUT2D eigenvalue weighted by atomic mass is 16.5. The smallest absolute Gasteiger partial charge is 0.343 e. The Labute approximate surface area is 145 Å². The number of ether oxygens (including phenoxy) is 3. The summed E-state index contributed by atoms with van der Waals surface area (Å²) in [6.45, 7) is 0. The van der Waals surface area contributed by atoms with Crippen LogP contribution in [0.15, 0.2) is 60.2 Å². The van der Waals surface area contributed by atoms with Gasteiger partial charge in [0, 0.05) is 5.56 Å². The third-order valence-electron chi connectivity index (χ3n) is 3.75.